The van der Waals surface area contributed by atoms with Crippen LogP contribution in [0.3, 0.4) is 0 Å². The fraction of sp³-hybridized carbons (Fsp3) is 1.00. The minimum Gasteiger partial charge on any atom is -0.314 e. The lowest BCUT2D eigenvalue weighted by Crippen LogP contribution is -2.55. The maximum atomic E-state index is 3.99. The summed E-state index contributed by atoms with van der Waals surface area (Å²) in [5, 5.41) is 7.71. The largest absolute Gasteiger partial charge is 0.314 e. The molecular formula is C15H28N2. The molecule has 0 aromatic heterocycles. The molecule has 1 heterocycles. The normalized spacial score (nSPS) is 44.8. The van der Waals surface area contributed by atoms with Crippen LogP contribution in [0.15, 0.2) is 0 Å². The topological polar surface area (TPSA) is 24.1 Å². The Labute approximate surface area is 106 Å². The second-order valence-corrected chi connectivity index (χ2v) is 7.15. The smallest absolute Gasteiger partial charge is 0.0121 e. The number of hydrogen-bond donors (Lipinski definition) is 2. The van der Waals surface area contributed by atoms with Crippen LogP contribution in [0.1, 0.15) is 58.8 Å². The number of rotatable bonds is 3. The molecule has 3 aliphatic rings. The third-order valence-electron chi connectivity index (χ3n) is 5.62. The first-order chi connectivity index (χ1) is 8.17. The van der Waals surface area contributed by atoms with Crippen molar-refractivity contribution >= 4 is 0 Å². The molecule has 0 spiro atoms. The standard InChI is InChI=1S/C15H28N2/c1-15(2)9-8-14(15)17-13-6-3-5-11(13)12-7-4-10-16-12/h11-14,16-17H,3-10H2,1-2H3. The van der Waals surface area contributed by atoms with Crippen LogP contribution in [-0.4, -0.2) is 24.7 Å². The first-order valence-corrected chi connectivity index (χ1v) is 7.66. The quantitative estimate of drug-likeness (QED) is 0.787. The van der Waals surface area contributed by atoms with Crippen LogP contribution in [0, 0.1) is 11.3 Å². The van der Waals surface area contributed by atoms with Gasteiger partial charge in [0.05, 0.1) is 0 Å². The molecule has 17 heavy (non-hydrogen) atoms. The molecule has 0 bridgehead atoms. The summed E-state index contributed by atoms with van der Waals surface area (Å²) in [6.45, 7) is 6.10. The zero-order chi connectivity index (χ0) is 11.9. The Balaban J connectivity index is 1.58. The number of hydrogen-bond acceptors (Lipinski definition) is 2. The van der Waals surface area contributed by atoms with E-state index in [0.29, 0.717) is 5.41 Å². The van der Waals surface area contributed by atoms with Gasteiger partial charge in [0.25, 0.3) is 0 Å². The monoisotopic (exact) mass is 236 g/mol. The van der Waals surface area contributed by atoms with Gasteiger partial charge < -0.3 is 10.6 Å². The molecule has 1 aliphatic heterocycles. The number of nitrogens with one attached hydrogen (secondary N) is 2. The van der Waals surface area contributed by atoms with Gasteiger partial charge in [-0.05, 0) is 56.4 Å². The fourth-order valence-corrected chi connectivity index (χ4v) is 4.19. The van der Waals surface area contributed by atoms with Gasteiger partial charge in [0.15, 0.2) is 0 Å². The molecule has 3 fully saturated rings. The molecule has 4 unspecified atom stereocenters. The minimum absolute atomic E-state index is 0.552. The van der Waals surface area contributed by atoms with Crippen molar-refractivity contribution < 1.29 is 0 Å². The Morgan fingerprint density at radius 1 is 1.06 bits per heavy atom. The lowest BCUT2D eigenvalue weighted by Gasteiger charge is -2.47. The van der Waals surface area contributed by atoms with E-state index in [2.05, 4.69) is 24.5 Å². The summed E-state index contributed by atoms with van der Waals surface area (Å²) in [4.78, 5) is 0. The highest BCUT2D eigenvalue weighted by Crippen LogP contribution is 2.42. The molecule has 2 saturated carbocycles. The summed E-state index contributed by atoms with van der Waals surface area (Å²) in [5.74, 6) is 0.911. The van der Waals surface area contributed by atoms with Crippen molar-refractivity contribution in [2.75, 3.05) is 6.54 Å². The summed E-state index contributed by atoms with van der Waals surface area (Å²) in [7, 11) is 0. The highest BCUT2D eigenvalue weighted by Gasteiger charge is 2.42. The maximum Gasteiger partial charge on any atom is 0.0121 e. The van der Waals surface area contributed by atoms with Gasteiger partial charge in [0.1, 0.15) is 0 Å². The second-order valence-electron chi connectivity index (χ2n) is 7.15. The highest BCUT2D eigenvalue weighted by molar-refractivity contribution is 5.00. The first-order valence-electron chi connectivity index (χ1n) is 7.66. The van der Waals surface area contributed by atoms with Gasteiger partial charge in [0, 0.05) is 18.1 Å². The zero-order valence-corrected chi connectivity index (χ0v) is 11.5. The average molecular weight is 236 g/mol. The summed E-state index contributed by atoms with van der Waals surface area (Å²) in [6, 6.07) is 2.41. The van der Waals surface area contributed by atoms with Crippen molar-refractivity contribution in [3.05, 3.63) is 0 Å². The van der Waals surface area contributed by atoms with Crippen LogP contribution in [0.25, 0.3) is 0 Å². The Bertz CT molecular complexity index is 268. The van der Waals surface area contributed by atoms with E-state index < -0.39 is 0 Å². The van der Waals surface area contributed by atoms with E-state index in [0.717, 1.165) is 24.0 Å². The Morgan fingerprint density at radius 2 is 1.94 bits per heavy atom. The van der Waals surface area contributed by atoms with Gasteiger partial charge in [-0.3, -0.25) is 0 Å². The van der Waals surface area contributed by atoms with Crippen LogP contribution >= 0.6 is 0 Å². The molecule has 0 aromatic rings. The van der Waals surface area contributed by atoms with Crippen molar-refractivity contribution in [2.45, 2.75) is 76.9 Å². The first kappa shape index (κ1) is 12.0. The molecule has 98 valence electrons. The molecular weight excluding hydrogens is 208 g/mol. The van der Waals surface area contributed by atoms with E-state index in [1.807, 2.05) is 0 Å². The molecule has 1 saturated heterocycles. The van der Waals surface area contributed by atoms with E-state index in [9.17, 15) is 0 Å². The van der Waals surface area contributed by atoms with Crippen molar-refractivity contribution in [1.82, 2.24) is 10.6 Å². The van der Waals surface area contributed by atoms with E-state index in [1.165, 1.54) is 51.5 Å². The predicted octanol–water partition coefficient (Wildman–Crippen LogP) is 2.69. The molecule has 2 heteroatoms. The van der Waals surface area contributed by atoms with Gasteiger partial charge in [0.2, 0.25) is 0 Å². The molecule has 2 nitrogen and oxygen atoms in total. The third kappa shape index (κ3) is 2.26. The van der Waals surface area contributed by atoms with Crippen molar-refractivity contribution in [3.8, 4) is 0 Å². The molecule has 0 amide bonds. The van der Waals surface area contributed by atoms with E-state index >= 15 is 0 Å². The fourth-order valence-electron chi connectivity index (χ4n) is 4.19. The SMILES string of the molecule is CC1(C)CCC1NC1CCCC1C1CCCN1. The van der Waals surface area contributed by atoms with Crippen LogP contribution in [0.4, 0.5) is 0 Å². The minimum atomic E-state index is 0.552. The van der Waals surface area contributed by atoms with E-state index in [4.69, 9.17) is 0 Å². The summed E-state index contributed by atoms with van der Waals surface area (Å²) < 4.78 is 0. The van der Waals surface area contributed by atoms with Crippen LogP contribution in [0.5, 0.6) is 0 Å². The Kier molecular flexibility index (Phi) is 3.20. The van der Waals surface area contributed by atoms with Crippen molar-refractivity contribution in [1.29, 1.82) is 0 Å². The zero-order valence-electron chi connectivity index (χ0n) is 11.5. The highest BCUT2D eigenvalue weighted by atomic mass is 15.0. The molecule has 2 aliphatic carbocycles. The van der Waals surface area contributed by atoms with Crippen LogP contribution < -0.4 is 10.6 Å². The molecule has 3 rings (SSSR count). The van der Waals surface area contributed by atoms with Gasteiger partial charge in [-0.1, -0.05) is 20.3 Å². The van der Waals surface area contributed by atoms with E-state index in [1.54, 1.807) is 0 Å². The van der Waals surface area contributed by atoms with Crippen LogP contribution in [0.2, 0.25) is 0 Å². The second kappa shape index (κ2) is 4.55. The third-order valence-corrected chi connectivity index (χ3v) is 5.62. The van der Waals surface area contributed by atoms with Crippen molar-refractivity contribution in [3.63, 3.8) is 0 Å². The molecule has 0 radical (unpaired) electrons. The summed E-state index contributed by atoms with van der Waals surface area (Å²) in [5.41, 5.74) is 0.552. The predicted molar refractivity (Wildman–Crippen MR) is 72.1 cm³/mol. The van der Waals surface area contributed by atoms with Crippen LogP contribution in [-0.2, 0) is 0 Å². The van der Waals surface area contributed by atoms with E-state index in [-0.39, 0.29) is 0 Å². The lowest BCUT2D eigenvalue weighted by molar-refractivity contribution is 0.0888. The maximum absolute atomic E-state index is 3.99. The lowest BCUT2D eigenvalue weighted by atomic mass is 9.67. The van der Waals surface area contributed by atoms with Gasteiger partial charge in [-0.15, -0.1) is 0 Å². The summed E-state index contributed by atoms with van der Waals surface area (Å²) in [6.07, 6.45) is 9.91. The summed E-state index contributed by atoms with van der Waals surface area (Å²) >= 11 is 0. The molecule has 0 aromatic carbocycles. The van der Waals surface area contributed by atoms with Gasteiger partial charge in [-0.25, -0.2) is 0 Å². The molecule has 4 atom stereocenters. The Hall–Kier alpha value is -0.0800. The van der Waals surface area contributed by atoms with Crippen molar-refractivity contribution in [2.24, 2.45) is 11.3 Å². The Morgan fingerprint density at radius 3 is 2.53 bits per heavy atom. The van der Waals surface area contributed by atoms with Gasteiger partial charge >= 0.3 is 0 Å². The van der Waals surface area contributed by atoms with Gasteiger partial charge in [-0.2, -0.15) is 0 Å². The average Bonchev–Trinajstić information content (AvgIpc) is 2.94. The molecule has 2 N–H and O–H groups in total.